The predicted molar refractivity (Wildman–Crippen MR) is 115 cm³/mol. The minimum Gasteiger partial charge on any atom is -0.270 e. The molecule has 0 amide bonds. The Hall–Kier alpha value is -0.926. The van der Waals surface area contributed by atoms with Crippen molar-refractivity contribution in [3.63, 3.8) is 0 Å². The maximum absolute atomic E-state index is 5.52. The fourth-order valence-corrected chi connectivity index (χ4v) is 9.31. The Balaban J connectivity index is 5.24. The van der Waals surface area contributed by atoms with Crippen molar-refractivity contribution in [2.75, 3.05) is 19.6 Å². The Morgan fingerprint density at radius 1 is 0.750 bits per heavy atom. The van der Waals surface area contributed by atoms with Crippen LogP contribution in [0.5, 0.6) is 0 Å². The summed E-state index contributed by atoms with van der Waals surface area (Å²) in [6.07, 6.45) is 5.52. The molecule has 0 saturated heterocycles. The lowest BCUT2D eigenvalue weighted by Crippen LogP contribution is -2.43. The van der Waals surface area contributed by atoms with Crippen LogP contribution in [0.1, 0.15) is 41.5 Å². The van der Waals surface area contributed by atoms with Gasteiger partial charge in [-0.15, -0.1) is 17.5 Å². The van der Waals surface area contributed by atoms with Crippen LogP contribution >= 0.6 is 0 Å². The Kier molecular flexibility index (Phi) is 9.76. The molecule has 1 nitrogen and oxygen atoms in total. The van der Waals surface area contributed by atoms with Crippen molar-refractivity contribution in [1.82, 2.24) is 4.90 Å². The van der Waals surface area contributed by atoms with Crippen molar-refractivity contribution in [3.8, 4) is 35.3 Å². The molecule has 0 heterocycles. The zero-order valence-corrected chi connectivity index (χ0v) is 19.4. The molecule has 0 saturated carbocycles. The molecule has 0 rings (SSSR count). The van der Waals surface area contributed by atoms with E-state index in [1.807, 2.05) is 0 Å². The number of terminal acetylenes is 1. The molecule has 24 heavy (non-hydrogen) atoms. The van der Waals surface area contributed by atoms with Crippen LogP contribution in [0.4, 0.5) is 0 Å². The third kappa shape index (κ3) is 7.31. The third-order valence-electron chi connectivity index (χ3n) is 4.55. The lowest BCUT2D eigenvalue weighted by atomic mass is 10.4. The number of hydrogen-bond donors (Lipinski definition) is 0. The van der Waals surface area contributed by atoms with Crippen LogP contribution in [0.2, 0.25) is 36.3 Å². The summed E-state index contributed by atoms with van der Waals surface area (Å²) >= 11 is 0. The molecule has 0 aromatic heterocycles. The molecule has 0 atom stereocenters. The van der Waals surface area contributed by atoms with Gasteiger partial charge in [-0.2, -0.15) is 0 Å². The fraction of sp³-hybridized carbons (Fsp3) is 0.714. The van der Waals surface area contributed by atoms with Gasteiger partial charge >= 0.3 is 0 Å². The molecule has 0 unspecified atom stereocenters. The van der Waals surface area contributed by atoms with E-state index in [2.05, 4.69) is 94.9 Å². The summed E-state index contributed by atoms with van der Waals surface area (Å²) in [5.41, 5.74) is 9.17. The smallest absolute Gasteiger partial charge is 0.146 e. The summed E-state index contributed by atoms with van der Waals surface area (Å²) in [7, 11) is -2.97. The van der Waals surface area contributed by atoms with Crippen molar-refractivity contribution >= 4 is 16.1 Å². The first-order valence-corrected chi connectivity index (χ1v) is 14.9. The second-order valence-electron chi connectivity index (χ2n) is 8.60. The molecule has 0 aromatic carbocycles. The summed E-state index contributed by atoms with van der Waals surface area (Å²) in [5.74, 6) is 9.54. The summed E-state index contributed by atoms with van der Waals surface area (Å²) < 4.78 is 0. The minimum atomic E-state index is -1.65. The van der Waals surface area contributed by atoms with Crippen LogP contribution in [-0.4, -0.2) is 40.7 Å². The van der Waals surface area contributed by atoms with Gasteiger partial charge in [0.15, 0.2) is 0 Å². The van der Waals surface area contributed by atoms with Crippen molar-refractivity contribution in [1.29, 1.82) is 0 Å². The fourth-order valence-electron chi connectivity index (χ4n) is 3.45. The minimum absolute atomic E-state index is 0.620. The van der Waals surface area contributed by atoms with Crippen LogP contribution in [0, 0.1) is 35.3 Å². The molecule has 0 N–H and O–H groups in total. The van der Waals surface area contributed by atoms with E-state index in [-0.39, 0.29) is 0 Å². The molecule has 0 aliphatic carbocycles. The molecule has 0 aliphatic rings. The molecule has 0 aliphatic heterocycles. The van der Waals surface area contributed by atoms with Crippen molar-refractivity contribution in [3.05, 3.63) is 0 Å². The standard InChI is InChI=1S/C21H37NSi2/c1-11-14-22(15-12-17-23(8,9)10)16-13-18-24(19(2)3,20(4)5)21(6)7/h1,19-21H,14-16H2,2-10H3. The lowest BCUT2D eigenvalue weighted by Gasteiger charge is -2.38. The first-order chi connectivity index (χ1) is 11.0. The Labute approximate surface area is 154 Å². The Morgan fingerprint density at radius 3 is 1.50 bits per heavy atom. The molecule has 0 aromatic rings. The van der Waals surface area contributed by atoms with Crippen LogP contribution in [-0.2, 0) is 0 Å². The van der Waals surface area contributed by atoms with E-state index >= 15 is 0 Å². The van der Waals surface area contributed by atoms with Crippen LogP contribution in [0.25, 0.3) is 0 Å². The van der Waals surface area contributed by atoms with Gasteiger partial charge in [0, 0.05) is 0 Å². The second kappa shape index (κ2) is 10.2. The molecule has 0 spiro atoms. The van der Waals surface area contributed by atoms with E-state index in [4.69, 9.17) is 6.42 Å². The second-order valence-corrected chi connectivity index (χ2v) is 18.9. The summed E-state index contributed by atoms with van der Waals surface area (Å²) in [6, 6.07) is 0. The Bertz CT molecular complexity index is 517. The summed E-state index contributed by atoms with van der Waals surface area (Å²) in [6.45, 7) is 22.9. The van der Waals surface area contributed by atoms with Gasteiger partial charge in [0.25, 0.3) is 0 Å². The van der Waals surface area contributed by atoms with Gasteiger partial charge < -0.3 is 0 Å². The SMILES string of the molecule is C#CCN(CC#C[Si](C)(C)C)CC#C[Si](C(C)C)(C(C)C)C(C)C. The van der Waals surface area contributed by atoms with Gasteiger partial charge in [-0.05, 0) is 16.6 Å². The van der Waals surface area contributed by atoms with E-state index in [1.54, 1.807) is 0 Å². The molecule has 0 fully saturated rings. The zero-order chi connectivity index (χ0) is 19.0. The largest absolute Gasteiger partial charge is 0.270 e. The van der Waals surface area contributed by atoms with E-state index < -0.39 is 16.1 Å². The lowest BCUT2D eigenvalue weighted by molar-refractivity contribution is 0.390. The molecule has 0 radical (unpaired) electrons. The van der Waals surface area contributed by atoms with Gasteiger partial charge in [-0.1, -0.05) is 78.9 Å². The van der Waals surface area contributed by atoms with Gasteiger partial charge in [0.05, 0.1) is 19.6 Å². The van der Waals surface area contributed by atoms with Crippen LogP contribution in [0.15, 0.2) is 0 Å². The number of nitrogens with zero attached hydrogens (tertiary/aromatic N) is 1. The zero-order valence-electron chi connectivity index (χ0n) is 17.4. The highest BCUT2D eigenvalue weighted by molar-refractivity contribution is 6.90. The van der Waals surface area contributed by atoms with Crippen LogP contribution in [0.3, 0.4) is 0 Å². The van der Waals surface area contributed by atoms with E-state index in [0.717, 1.165) is 13.1 Å². The maximum atomic E-state index is 5.52. The van der Waals surface area contributed by atoms with Gasteiger partial charge in [0.1, 0.15) is 16.1 Å². The number of hydrogen-bond acceptors (Lipinski definition) is 1. The van der Waals surface area contributed by atoms with Crippen LogP contribution < -0.4 is 0 Å². The topological polar surface area (TPSA) is 3.24 Å². The van der Waals surface area contributed by atoms with Gasteiger partial charge in [0.2, 0.25) is 0 Å². The van der Waals surface area contributed by atoms with E-state index in [1.165, 1.54) is 0 Å². The molecule has 134 valence electrons. The maximum Gasteiger partial charge on any atom is 0.146 e. The molecule has 0 bridgehead atoms. The van der Waals surface area contributed by atoms with Gasteiger partial charge in [-0.25, -0.2) is 0 Å². The first kappa shape index (κ1) is 23.1. The highest BCUT2D eigenvalue weighted by atomic mass is 28.3. The average Bonchev–Trinajstić information content (AvgIpc) is 2.40. The van der Waals surface area contributed by atoms with Crippen molar-refractivity contribution in [2.45, 2.75) is 77.8 Å². The summed E-state index contributed by atoms with van der Waals surface area (Å²) in [5, 5.41) is 0. The van der Waals surface area contributed by atoms with Crippen molar-refractivity contribution in [2.24, 2.45) is 0 Å². The molecule has 3 heteroatoms. The van der Waals surface area contributed by atoms with Gasteiger partial charge in [-0.3, -0.25) is 4.90 Å². The highest BCUT2D eigenvalue weighted by Crippen LogP contribution is 2.40. The number of rotatable bonds is 6. The first-order valence-electron chi connectivity index (χ1n) is 9.13. The Morgan fingerprint density at radius 2 is 1.17 bits per heavy atom. The van der Waals surface area contributed by atoms with E-state index in [0.29, 0.717) is 23.2 Å². The third-order valence-corrected chi connectivity index (χ3v) is 11.8. The summed E-state index contributed by atoms with van der Waals surface area (Å²) in [4.78, 5) is 2.18. The quantitative estimate of drug-likeness (QED) is 0.475. The highest BCUT2D eigenvalue weighted by Gasteiger charge is 2.41. The monoisotopic (exact) mass is 359 g/mol. The molecular formula is C21H37NSi2. The predicted octanol–water partition coefficient (Wildman–Crippen LogP) is 5.02. The average molecular weight is 360 g/mol. The van der Waals surface area contributed by atoms with E-state index in [9.17, 15) is 0 Å². The normalized spacial score (nSPS) is 12.0. The molecular weight excluding hydrogens is 322 g/mol. The van der Waals surface area contributed by atoms with Crippen molar-refractivity contribution < 1.29 is 0 Å².